The van der Waals surface area contributed by atoms with Gasteiger partial charge in [-0.3, -0.25) is 14.5 Å². The molecule has 2 heterocycles. The maximum absolute atomic E-state index is 13.4. The molecule has 1 atom stereocenters. The van der Waals surface area contributed by atoms with Crippen LogP contribution in [0.25, 0.3) is 0 Å². The Hall–Kier alpha value is -1.64. The SMILES string of the molecule is CCCC1(CCC)NC(=O)N(CC(=O)N(C2CCCCC2)C2CCS(=O)(=O)C2)C1=O. The smallest absolute Gasteiger partial charge is 0.325 e. The standard InChI is InChI=1S/C21H35N3O5S/c1-3-11-21(12-4-2)19(26)23(20(27)22-21)14-18(25)24(16-8-6-5-7-9-16)17-10-13-30(28,29)15-17/h16-17H,3-15H2,1-2H3,(H,22,27). The third-order valence-electron chi connectivity index (χ3n) is 6.75. The number of nitrogens with one attached hydrogen (secondary N) is 1. The Morgan fingerprint density at radius 3 is 2.23 bits per heavy atom. The van der Waals surface area contributed by atoms with E-state index in [4.69, 9.17) is 0 Å². The minimum atomic E-state index is -3.15. The number of amides is 4. The number of imide groups is 1. The van der Waals surface area contributed by atoms with Gasteiger partial charge in [0.25, 0.3) is 5.91 Å². The number of carbonyl (C=O) groups is 3. The van der Waals surface area contributed by atoms with E-state index in [-0.39, 0.29) is 41.9 Å². The number of sulfone groups is 1. The number of urea groups is 1. The molecule has 0 aromatic carbocycles. The van der Waals surface area contributed by atoms with Gasteiger partial charge in [0.1, 0.15) is 12.1 Å². The molecule has 9 heteroatoms. The summed E-state index contributed by atoms with van der Waals surface area (Å²) in [6.07, 6.45) is 7.85. The van der Waals surface area contributed by atoms with Gasteiger partial charge in [-0.15, -0.1) is 0 Å². The summed E-state index contributed by atoms with van der Waals surface area (Å²) in [6, 6.07) is -0.887. The van der Waals surface area contributed by atoms with Gasteiger partial charge < -0.3 is 10.2 Å². The monoisotopic (exact) mass is 441 g/mol. The predicted octanol–water partition coefficient (Wildman–Crippen LogP) is 2.23. The van der Waals surface area contributed by atoms with Gasteiger partial charge in [-0.25, -0.2) is 13.2 Å². The molecule has 1 N–H and O–H groups in total. The molecule has 0 radical (unpaired) electrons. The molecule has 2 saturated heterocycles. The van der Waals surface area contributed by atoms with E-state index in [0.717, 1.165) is 49.8 Å². The predicted molar refractivity (Wildman–Crippen MR) is 114 cm³/mol. The van der Waals surface area contributed by atoms with Crippen molar-refractivity contribution in [2.24, 2.45) is 0 Å². The highest BCUT2D eigenvalue weighted by molar-refractivity contribution is 7.91. The first-order valence-corrected chi connectivity index (χ1v) is 13.2. The summed E-state index contributed by atoms with van der Waals surface area (Å²) in [5, 5.41) is 2.85. The van der Waals surface area contributed by atoms with Crippen molar-refractivity contribution in [2.45, 2.75) is 95.7 Å². The van der Waals surface area contributed by atoms with Gasteiger partial charge in [-0.05, 0) is 32.1 Å². The lowest BCUT2D eigenvalue weighted by molar-refractivity contribution is -0.142. The van der Waals surface area contributed by atoms with E-state index >= 15 is 0 Å². The van der Waals surface area contributed by atoms with Crippen LogP contribution in [0.2, 0.25) is 0 Å². The zero-order valence-corrected chi connectivity index (χ0v) is 19.0. The normalized spacial score (nSPS) is 26.1. The van der Waals surface area contributed by atoms with E-state index in [1.807, 2.05) is 13.8 Å². The molecule has 4 amide bonds. The average Bonchev–Trinajstić information content (AvgIpc) is 3.15. The number of nitrogens with zero attached hydrogens (tertiary/aromatic N) is 2. The second-order valence-corrected chi connectivity index (χ2v) is 11.3. The Kier molecular flexibility index (Phi) is 7.09. The number of carbonyl (C=O) groups excluding carboxylic acids is 3. The lowest BCUT2D eigenvalue weighted by Crippen LogP contribution is -2.53. The molecule has 170 valence electrons. The molecule has 0 spiro atoms. The first-order valence-electron chi connectivity index (χ1n) is 11.4. The van der Waals surface area contributed by atoms with Gasteiger partial charge in [0, 0.05) is 12.1 Å². The van der Waals surface area contributed by atoms with Crippen molar-refractivity contribution >= 4 is 27.7 Å². The van der Waals surface area contributed by atoms with Crippen molar-refractivity contribution in [3.8, 4) is 0 Å². The molecule has 3 rings (SSSR count). The first kappa shape index (κ1) is 23.0. The zero-order valence-electron chi connectivity index (χ0n) is 18.2. The van der Waals surface area contributed by atoms with Gasteiger partial charge in [0.05, 0.1) is 11.5 Å². The quantitative estimate of drug-likeness (QED) is 0.582. The third kappa shape index (κ3) is 4.65. The fourth-order valence-corrected chi connectivity index (χ4v) is 7.12. The molecule has 0 aromatic heterocycles. The molecule has 3 aliphatic rings. The summed E-state index contributed by atoms with van der Waals surface area (Å²) in [4.78, 5) is 41.9. The maximum atomic E-state index is 13.4. The molecule has 30 heavy (non-hydrogen) atoms. The zero-order chi connectivity index (χ0) is 21.9. The Morgan fingerprint density at radius 1 is 1.07 bits per heavy atom. The fourth-order valence-electron chi connectivity index (χ4n) is 5.41. The Labute approximate surface area is 179 Å². The molecule has 1 unspecified atom stereocenters. The number of rotatable bonds is 8. The van der Waals surface area contributed by atoms with Crippen LogP contribution in [0.3, 0.4) is 0 Å². The van der Waals surface area contributed by atoms with Crippen LogP contribution in [0.4, 0.5) is 4.79 Å². The van der Waals surface area contributed by atoms with Gasteiger partial charge in [-0.2, -0.15) is 0 Å². The van der Waals surface area contributed by atoms with Crippen molar-refractivity contribution in [1.29, 1.82) is 0 Å². The highest BCUT2D eigenvalue weighted by Crippen LogP contribution is 2.31. The van der Waals surface area contributed by atoms with Crippen molar-refractivity contribution in [3.05, 3.63) is 0 Å². The topological polar surface area (TPSA) is 104 Å². The van der Waals surface area contributed by atoms with Crippen LogP contribution in [-0.2, 0) is 19.4 Å². The van der Waals surface area contributed by atoms with Gasteiger partial charge in [0.2, 0.25) is 5.91 Å². The van der Waals surface area contributed by atoms with Gasteiger partial charge in [-0.1, -0.05) is 46.0 Å². The molecule has 0 aromatic rings. The van der Waals surface area contributed by atoms with Gasteiger partial charge >= 0.3 is 6.03 Å². The molecule has 1 saturated carbocycles. The van der Waals surface area contributed by atoms with Crippen molar-refractivity contribution in [3.63, 3.8) is 0 Å². The highest BCUT2D eigenvalue weighted by atomic mass is 32.2. The largest absolute Gasteiger partial charge is 0.334 e. The Bertz CT molecular complexity index is 770. The Morgan fingerprint density at radius 2 is 1.70 bits per heavy atom. The van der Waals surface area contributed by atoms with Crippen LogP contribution in [0, 0.1) is 0 Å². The molecule has 2 aliphatic heterocycles. The lowest BCUT2D eigenvalue weighted by Gasteiger charge is -2.39. The summed E-state index contributed by atoms with van der Waals surface area (Å²) < 4.78 is 24.1. The van der Waals surface area contributed by atoms with Gasteiger partial charge in [0.15, 0.2) is 9.84 Å². The summed E-state index contributed by atoms with van der Waals surface area (Å²) in [7, 11) is -3.15. The minimum absolute atomic E-state index is 0.0126. The second-order valence-electron chi connectivity index (χ2n) is 9.05. The molecule has 1 aliphatic carbocycles. The van der Waals surface area contributed by atoms with E-state index in [2.05, 4.69) is 5.32 Å². The lowest BCUT2D eigenvalue weighted by atomic mass is 9.88. The molecular weight excluding hydrogens is 406 g/mol. The van der Waals surface area contributed by atoms with Crippen LogP contribution >= 0.6 is 0 Å². The van der Waals surface area contributed by atoms with Crippen molar-refractivity contribution in [2.75, 3.05) is 18.1 Å². The molecule has 3 fully saturated rings. The number of hydrogen-bond acceptors (Lipinski definition) is 5. The molecule has 0 bridgehead atoms. The van der Waals surface area contributed by atoms with Crippen LogP contribution < -0.4 is 5.32 Å². The van der Waals surface area contributed by atoms with E-state index in [0.29, 0.717) is 19.3 Å². The summed E-state index contributed by atoms with van der Waals surface area (Å²) in [6.45, 7) is 3.62. The van der Waals surface area contributed by atoms with Crippen molar-refractivity contribution < 1.29 is 22.8 Å². The highest BCUT2D eigenvalue weighted by Gasteiger charge is 2.51. The van der Waals surface area contributed by atoms with Crippen LogP contribution in [0.5, 0.6) is 0 Å². The Balaban J connectivity index is 1.79. The van der Waals surface area contributed by atoms with Crippen LogP contribution in [0.1, 0.15) is 78.1 Å². The van der Waals surface area contributed by atoms with E-state index in [1.54, 1.807) is 4.90 Å². The first-order chi connectivity index (χ1) is 14.2. The number of hydrogen-bond donors (Lipinski definition) is 1. The third-order valence-corrected chi connectivity index (χ3v) is 8.50. The van der Waals surface area contributed by atoms with E-state index < -0.39 is 21.4 Å². The minimum Gasteiger partial charge on any atom is -0.334 e. The summed E-state index contributed by atoms with van der Waals surface area (Å²) >= 11 is 0. The maximum Gasteiger partial charge on any atom is 0.325 e. The summed E-state index contributed by atoms with van der Waals surface area (Å²) in [5.41, 5.74) is -0.923. The molecule has 8 nitrogen and oxygen atoms in total. The van der Waals surface area contributed by atoms with Crippen LogP contribution in [-0.4, -0.2) is 71.7 Å². The van der Waals surface area contributed by atoms with Crippen LogP contribution in [0.15, 0.2) is 0 Å². The fraction of sp³-hybridized carbons (Fsp3) is 0.857. The van der Waals surface area contributed by atoms with E-state index in [9.17, 15) is 22.8 Å². The van der Waals surface area contributed by atoms with Crippen molar-refractivity contribution in [1.82, 2.24) is 15.1 Å². The average molecular weight is 442 g/mol. The second kappa shape index (κ2) is 9.24. The van der Waals surface area contributed by atoms with E-state index in [1.165, 1.54) is 0 Å². The summed E-state index contributed by atoms with van der Waals surface area (Å²) in [5.74, 6) is -0.568. The molecular formula is C21H35N3O5S.